The Morgan fingerprint density at radius 3 is 2.95 bits per heavy atom. The molecule has 0 aliphatic carbocycles. The molecule has 106 valence electrons. The molecule has 1 N–H and O–H groups in total. The molecule has 4 heteroatoms. The van der Waals surface area contributed by atoms with E-state index in [0.29, 0.717) is 11.8 Å². The Balaban J connectivity index is 1.91. The first-order valence-electron chi connectivity index (χ1n) is 7.09. The van der Waals surface area contributed by atoms with Gasteiger partial charge in [-0.25, -0.2) is 0 Å². The Kier molecular flexibility index (Phi) is 3.26. The Hall–Kier alpha value is -1.81. The molecule has 1 amide bonds. The predicted molar refractivity (Wildman–Crippen MR) is 78.9 cm³/mol. The van der Waals surface area contributed by atoms with Crippen LogP contribution in [-0.4, -0.2) is 36.0 Å². The summed E-state index contributed by atoms with van der Waals surface area (Å²) in [5.41, 5.74) is 1.94. The van der Waals surface area contributed by atoms with Crippen molar-refractivity contribution in [2.45, 2.75) is 32.9 Å². The molecule has 2 atom stereocenters. The number of nitrogens with zero attached hydrogens (tertiary/aromatic N) is 1. The van der Waals surface area contributed by atoms with Crippen LogP contribution in [0.4, 0.5) is 0 Å². The second-order valence-electron chi connectivity index (χ2n) is 5.77. The van der Waals surface area contributed by atoms with Crippen molar-refractivity contribution >= 4 is 16.9 Å². The van der Waals surface area contributed by atoms with Gasteiger partial charge in [-0.1, -0.05) is 11.6 Å². The van der Waals surface area contributed by atoms with Gasteiger partial charge < -0.3 is 14.6 Å². The van der Waals surface area contributed by atoms with Crippen molar-refractivity contribution in [2.24, 2.45) is 0 Å². The smallest absolute Gasteiger partial charge is 0.289 e. The van der Waals surface area contributed by atoms with Gasteiger partial charge in [0, 0.05) is 30.6 Å². The van der Waals surface area contributed by atoms with E-state index in [0.717, 1.165) is 24.1 Å². The van der Waals surface area contributed by atoms with Gasteiger partial charge in [0.1, 0.15) is 5.58 Å². The lowest BCUT2D eigenvalue weighted by Crippen LogP contribution is -2.56. The molecule has 2 unspecified atom stereocenters. The van der Waals surface area contributed by atoms with Gasteiger partial charge in [-0.05, 0) is 39.0 Å². The van der Waals surface area contributed by atoms with Crippen LogP contribution in [0.5, 0.6) is 0 Å². The molecule has 1 aliphatic heterocycles. The first kappa shape index (κ1) is 13.2. The fraction of sp³-hybridized carbons (Fsp3) is 0.438. The van der Waals surface area contributed by atoms with Crippen LogP contribution in [0.15, 0.2) is 28.7 Å². The molecule has 4 nitrogen and oxygen atoms in total. The molecule has 0 radical (unpaired) electrons. The zero-order valence-corrected chi connectivity index (χ0v) is 12.1. The normalized spacial score (nSPS) is 23.2. The summed E-state index contributed by atoms with van der Waals surface area (Å²) in [4.78, 5) is 14.5. The van der Waals surface area contributed by atoms with Gasteiger partial charge in [0.25, 0.3) is 5.91 Å². The summed E-state index contributed by atoms with van der Waals surface area (Å²) in [6.45, 7) is 7.73. The van der Waals surface area contributed by atoms with Gasteiger partial charge >= 0.3 is 0 Å². The SMILES string of the molecule is Cc1ccc2oc(C(=O)N3CC(C)NCC3C)cc2c1. The Labute approximate surface area is 118 Å². The van der Waals surface area contributed by atoms with Gasteiger partial charge in [0.2, 0.25) is 0 Å². The van der Waals surface area contributed by atoms with E-state index < -0.39 is 0 Å². The van der Waals surface area contributed by atoms with Crippen molar-refractivity contribution in [3.05, 3.63) is 35.6 Å². The summed E-state index contributed by atoms with van der Waals surface area (Å²) in [5.74, 6) is 0.422. The van der Waals surface area contributed by atoms with Gasteiger partial charge in [-0.2, -0.15) is 0 Å². The highest BCUT2D eigenvalue weighted by Gasteiger charge is 2.29. The summed E-state index contributed by atoms with van der Waals surface area (Å²) in [5, 5.41) is 4.37. The minimum Gasteiger partial charge on any atom is -0.451 e. The second kappa shape index (κ2) is 4.94. The fourth-order valence-corrected chi connectivity index (χ4v) is 2.71. The number of fused-ring (bicyclic) bond motifs is 1. The van der Waals surface area contributed by atoms with Crippen LogP contribution in [0, 0.1) is 6.92 Å². The third-order valence-electron chi connectivity index (χ3n) is 3.91. The summed E-state index contributed by atoms with van der Waals surface area (Å²) in [6, 6.07) is 8.32. The lowest BCUT2D eigenvalue weighted by Gasteiger charge is -2.37. The van der Waals surface area contributed by atoms with E-state index in [1.165, 1.54) is 5.56 Å². The minimum atomic E-state index is -0.0142. The molecule has 1 aromatic carbocycles. The Morgan fingerprint density at radius 2 is 2.15 bits per heavy atom. The van der Waals surface area contributed by atoms with Crippen molar-refractivity contribution in [1.29, 1.82) is 0 Å². The first-order chi connectivity index (χ1) is 9.54. The van der Waals surface area contributed by atoms with Crippen LogP contribution >= 0.6 is 0 Å². The third-order valence-corrected chi connectivity index (χ3v) is 3.91. The lowest BCUT2D eigenvalue weighted by molar-refractivity contribution is 0.0586. The summed E-state index contributed by atoms with van der Waals surface area (Å²) < 4.78 is 5.71. The van der Waals surface area contributed by atoms with Crippen molar-refractivity contribution in [2.75, 3.05) is 13.1 Å². The van der Waals surface area contributed by atoms with Crippen molar-refractivity contribution in [1.82, 2.24) is 10.2 Å². The van der Waals surface area contributed by atoms with Crippen molar-refractivity contribution < 1.29 is 9.21 Å². The number of amides is 1. The largest absolute Gasteiger partial charge is 0.451 e. The van der Waals surface area contributed by atoms with Crippen molar-refractivity contribution in [3.8, 4) is 0 Å². The zero-order valence-electron chi connectivity index (χ0n) is 12.1. The van der Waals surface area contributed by atoms with Crippen LogP contribution in [0.25, 0.3) is 11.0 Å². The first-order valence-corrected chi connectivity index (χ1v) is 7.09. The molecule has 0 spiro atoms. The Morgan fingerprint density at radius 1 is 1.35 bits per heavy atom. The maximum atomic E-state index is 12.6. The second-order valence-corrected chi connectivity index (χ2v) is 5.77. The molecule has 1 saturated heterocycles. The van der Waals surface area contributed by atoms with Crippen LogP contribution in [0.2, 0.25) is 0 Å². The standard InChI is InChI=1S/C16H20N2O2/c1-10-4-5-14-13(6-10)7-15(20-14)16(19)18-9-11(2)17-8-12(18)3/h4-7,11-12,17H,8-9H2,1-3H3. The molecule has 20 heavy (non-hydrogen) atoms. The van der Waals surface area contributed by atoms with Gasteiger partial charge in [0.05, 0.1) is 0 Å². The van der Waals surface area contributed by atoms with E-state index in [1.807, 2.05) is 36.1 Å². The highest BCUT2D eigenvalue weighted by atomic mass is 16.3. The molecule has 3 rings (SSSR count). The zero-order chi connectivity index (χ0) is 14.3. The van der Waals surface area contributed by atoms with Crippen LogP contribution < -0.4 is 5.32 Å². The number of hydrogen-bond donors (Lipinski definition) is 1. The number of aryl methyl sites for hydroxylation is 1. The van der Waals surface area contributed by atoms with Gasteiger partial charge in [-0.3, -0.25) is 4.79 Å². The van der Waals surface area contributed by atoms with Crippen LogP contribution in [0.3, 0.4) is 0 Å². The molecule has 1 fully saturated rings. The summed E-state index contributed by atoms with van der Waals surface area (Å²) in [7, 11) is 0. The number of carbonyl (C=O) groups excluding carboxylic acids is 1. The van der Waals surface area contributed by atoms with E-state index in [-0.39, 0.29) is 11.9 Å². The monoisotopic (exact) mass is 272 g/mol. The van der Waals surface area contributed by atoms with Crippen molar-refractivity contribution in [3.63, 3.8) is 0 Å². The minimum absolute atomic E-state index is 0.0142. The molecule has 2 aromatic rings. The van der Waals surface area contributed by atoms with E-state index in [1.54, 1.807) is 0 Å². The number of hydrogen-bond acceptors (Lipinski definition) is 3. The molecule has 0 saturated carbocycles. The topological polar surface area (TPSA) is 45.5 Å². The molecule has 1 aliphatic rings. The maximum Gasteiger partial charge on any atom is 0.289 e. The van der Waals surface area contributed by atoms with E-state index in [2.05, 4.69) is 19.2 Å². The summed E-state index contributed by atoms with van der Waals surface area (Å²) >= 11 is 0. The Bertz CT molecular complexity index is 647. The van der Waals surface area contributed by atoms with E-state index >= 15 is 0 Å². The third kappa shape index (κ3) is 2.31. The number of benzene rings is 1. The number of carbonyl (C=O) groups is 1. The molecule has 2 heterocycles. The lowest BCUT2D eigenvalue weighted by atomic mass is 10.1. The molecule has 0 bridgehead atoms. The predicted octanol–water partition coefficient (Wildman–Crippen LogP) is 2.56. The fourth-order valence-electron chi connectivity index (χ4n) is 2.71. The number of furan rings is 1. The maximum absolute atomic E-state index is 12.6. The van der Waals surface area contributed by atoms with E-state index in [4.69, 9.17) is 4.42 Å². The molecular weight excluding hydrogens is 252 g/mol. The van der Waals surface area contributed by atoms with E-state index in [9.17, 15) is 4.79 Å². The van der Waals surface area contributed by atoms with Crippen LogP contribution in [0.1, 0.15) is 30.0 Å². The average Bonchev–Trinajstić information content (AvgIpc) is 2.83. The number of piperazine rings is 1. The molecule has 1 aromatic heterocycles. The summed E-state index contributed by atoms with van der Waals surface area (Å²) in [6.07, 6.45) is 0. The highest BCUT2D eigenvalue weighted by molar-refractivity contribution is 5.96. The quantitative estimate of drug-likeness (QED) is 0.868. The van der Waals surface area contributed by atoms with Gasteiger partial charge in [-0.15, -0.1) is 0 Å². The highest BCUT2D eigenvalue weighted by Crippen LogP contribution is 2.22. The number of rotatable bonds is 1. The van der Waals surface area contributed by atoms with Crippen LogP contribution in [-0.2, 0) is 0 Å². The number of nitrogens with one attached hydrogen (secondary N) is 1. The average molecular weight is 272 g/mol. The van der Waals surface area contributed by atoms with Gasteiger partial charge in [0.15, 0.2) is 5.76 Å². The molecular formula is C16H20N2O2.